The highest BCUT2D eigenvalue weighted by Gasteiger charge is 2.20. The summed E-state index contributed by atoms with van der Waals surface area (Å²) in [5.41, 5.74) is 16.3. The maximum absolute atomic E-state index is 5.07. The number of hydrogen-bond donors (Lipinski definition) is 0. The number of imidazole rings is 2. The number of aryl methyl sites for hydroxylation is 1. The normalized spacial score (nSPS) is 11.3. The van der Waals surface area contributed by atoms with Gasteiger partial charge in [-0.1, -0.05) is 115 Å². The quantitative estimate of drug-likeness (QED) is 0.157. The summed E-state index contributed by atoms with van der Waals surface area (Å²) in [7, 11) is 0. The zero-order valence-electron chi connectivity index (χ0n) is 30.7. The molecule has 5 heterocycles. The third-order valence-corrected chi connectivity index (χ3v) is 10.2. The molecule has 5 aromatic carbocycles. The molecule has 0 aliphatic carbocycles. The van der Waals surface area contributed by atoms with Gasteiger partial charge in [-0.2, -0.15) is 0 Å². The predicted octanol–water partition coefficient (Wildman–Crippen LogP) is 12.5. The van der Waals surface area contributed by atoms with E-state index < -0.39 is 0 Å². The minimum Gasteiger partial charge on any atom is -0.310 e. The summed E-state index contributed by atoms with van der Waals surface area (Å²) < 4.78 is 4.35. The molecular formula is C50H36N6. The van der Waals surface area contributed by atoms with E-state index in [-0.39, 0.29) is 0 Å². The van der Waals surface area contributed by atoms with Crippen LogP contribution in [0.3, 0.4) is 0 Å². The molecule has 0 unspecified atom stereocenters. The van der Waals surface area contributed by atoms with Crippen LogP contribution in [0.4, 0.5) is 17.1 Å². The van der Waals surface area contributed by atoms with Gasteiger partial charge in [0, 0.05) is 63.0 Å². The summed E-state index contributed by atoms with van der Waals surface area (Å²) in [4.78, 5) is 17.3. The molecule has 5 aromatic heterocycles. The van der Waals surface area contributed by atoms with Crippen LogP contribution in [0, 0.1) is 6.92 Å². The standard InChI is InChI=1S/C50H36N6/c1-35-14-12-21-44(51-35)40-19-13-20-43(34-40)56(41-28-24-38(25-29-41)49-47(36-15-4-2-5-16-36)52-45-22-8-10-32-54(45)49)42-30-26-39(27-31-42)50-48(37-17-6-3-7-18-37)53-46-23-9-11-33-55(46)50/h2-34H,1H3. The first kappa shape index (κ1) is 33.0. The molecule has 0 N–H and O–H groups in total. The van der Waals surface area contributed by atoms with Gasteiger partial charge in [0.25, 0.3) is 0 Å². The van der Waals surface area contributed by atoms with Crippen molar-refractivity contribution >= 4 is 28.4 Å². The number of rotatable bonds is 8. The van der Waals surface area contributed by atoms with Gasteiger partial charge in [-0.15, -0.1) is 0 Å². The Hall–Kier alpha value is -7.57. The Bertz CT molecular complexity index is 2800. The lowest BCUT2D eigenvalue weighted by molar-refractivity contribution is 1.19. The number of pyridine rings is 3. The molecule has 0 saturated carbocycles. The van der Waals surface area contributed by atoms with Crippen LogP contribution in [0.5, 0.6) is 0 Å². The molecule has 6 heteroatoms. The SMILES string of the molecule is Cc1cccc(-c2cccc(N(c3ccc(-c4c(-c5ccccc5)nc5ccccn45)cc3)c3ccc(-c4c(-c5ccccc5)nc5ccccn45)cc3)c2)n1. The molecule has 0 amide bonds. The molecule has 0 spiro atoms. The van der Waals surface area contributed by atoms with Gasteiger partial charge < -0.3 is 4.90 Å². The van der Waals surface area contributed by atoms with E-state index >= 15 is 0 Å². The van der Waals surface area contributed by atoms with Crippen molar-refractivity contribution in [1.29, 1.82) is 0 Å². The van der Waals surface area contributed by atoms with Crippen LogP contribution in [0.2, 0.25) is 0 Å². The second-order valence-corrected chi connectivity index (χ2v) is 13.9. The Kier molecular flexibility index (Phi) is 8.26. The van der Waals surface area contributed by atoms with Gasteiger partial charge in [-0.25, -0.2) is 9.97 Å². The van der Waals surface area contributed by atoms with E-state index in [0.29, 0.717) is 0 Å². The molecular weight excluding hydrogens is 685 g/mol. The summed E-state index contributed by atoms with van der Waals surface area (Å²) in [6.45, 7) is 2.03. The largest absolute Gasteiger partial charge is 0.310 e. The van der Waals surface area contributed by atoms with Crippen molar-refractivity contribution in [2.45, 2.75) is 6.92 Å². The van der Waals surface area contributed by atoms with Crippen LogP contribution >= 0.6 is 0 Å². The minimum atomic E-state index is 0.912. The zero-order chi connectivity index (χ0) is 37.4. The average molecular weight is 721 g/mol. The number of nitrogens with zero attached hydrogens (tertiary/aromatic N) is 6. The Morgan fingerprint density at radius 2 is 0.857 bits per heavy atom. The van der Waals surface area contributed by atoms with Gasteiger partial charge in [-0.3, -0.25) is 13.8 Å². The lowest BCUT2D eigenvalue weighted by Gasteiger charge is -2.26. The van der Waals surface area contributed by atoms with Gasteiger partial charge in [0.05, 0.1) is 28.5 Å². The highest BCUT2D eigenvalue weighted by Crippen LogP contribution is 2.41. The summed E-state index contributed by atoms with van der Waals surface area (Å²) in [6, 6.07) is 65.5. The van der Waals surface area contributed by atoms with Crippen LogP contribution in [0.25, 0.3) is 67.6 Å². The third-order valence-electron chi connectivity index (χ3n) is 10.2. The molecule has 6 nitrogen and oxygen atoms in total. The Labute approximate surface area is 325 Å². The second-order valence-electron chi connectivity index (χ2n) is 13.9. The number of fused-ring (bicyclic) bond motifs is 2. The van der Waals surface area contributed by atoms with E-state index in [1.807, 2.05) is 37.3 Å². The van der Waals surface area contributed by atoms with Crippen molar-refractivity contribution in [2.24, 2.45) is 0 Å². The molecule has 10 aromatic rings. The van der Waals surface area contributed by atoms with Crippen LogP contribution < -0.4 is 4.90 Å². The molecule has 0 atom stereocenters. The first-order chi connectivity index (χ1) is 27.7. The molecule has 0 bridgehead atoms. The molecule has 10 rings (SSSR count). The lowest BCUT2D eigenvalue weighted by atomic mass is 10.0. The summed E-state index contributed by atoms with van der Waals surface area (Å²) in [5, 5.41) is 0. The third kappa shape index (κ3) is 5.99. The summed E-state index contributed by atoms with van der Waals surface area (Å²) in [6.07, 6.45) is 4.17. The smallest absolute Gasteiger partial charge is 0.137 e. The maximum atomic E-state index is 5.07. The van der Waals surface area contributed by atoms with E-state index in [2.05, 4.69) is 184 Å². The molecule has 266 valence electrons. The minimum absolute atomic E-state index is 0.912. The maximum Gasteiger partial charge on any atom is 0.137 e. The molecule has 0 saturated heterocycles. The fourth-order valence-corrected chi connectivity index (χ4v) is 7.63. The van der Waals surface area contributed by atoms with Crippen molar-refractivity contribution < 1.29 is 0 Å². The van der Waals surface area contributed by atoms with Crippen LogP contribution in [0.1, 0.15) is 5.69 Å². The van der Waals surface area contributed by atoms with Gasteiger partial charge in [0.1, 0.15) is 11.3 Å². The van der Waals surface area contributed by atoms with Gasteiger partial charge in [0.15, 0.2) is 0 Å². The van der Waals surface area contributed by atoms with E-state index in [1.165, 1.54) is 0 Å². The van der Waals surface area contributed by atoms with Gasteiger partial charge >= 0.3 is 0 Å². The number of aromatic nitrogens is 5. The van der Waals surface area contributed by atoms with Crippen molar-refractivity contribution in [1.82, 2.24) is 23.8 Å². The monoisotopic (exact) mass is 720 g/mol. The van der Waals surface area contributed by atoms with E-state index in [1.54, 1.807) is 0 Å². The number of benzene rings is 5. The zero-order valence-corrected chi connectivity index (χ0v) is 30.7. The van der Waals surface area contributed by atoms with Crippen molar-refractivity contribution in [3.8, 4) is 56.3 Å². The van der Waals surface area contributed by atoms with Crippen LogP contribution in [-0.4, -0.2) is 23.8 Å². The number of hydrogen-bond acceptors (Lipinski definition) is 4. The fraction of sp³-hybridized carbons (Fsp3) is 0.0200. The summed E-state index contributed by atoms with van der Waals surface area (Å²) in [5.74, 6) is 0. The number of anilines is 3. The molecule has 0 aliphatic rings. The highest BCUT2D eigenvalue weighted by atomic mass is 15.1. The first-order valence-electron chi connectivity index (χ1n) is 18.8. The van der Waals surface area contributed by atoms with Crippen molar-refractivity contribution in [3.63, 3.8) is 0 Å². The fourth-order valence-electron chi connectivity index (χ4n) is 7.63. The molecule has 0 radical (unpaired) electrons. The Balaban J connectivity index is 1.10. The molecule has 56 heavy (non-hydrogen) atoms. The lowest BCUT2D eigenvalue weighted by Crippen LogP contribution is -2.10. The Morgan fingerprint density at radius 1 is 0.375 bits per heavy atom. The van der Waals surface area contributed by atoms with E-state index in [4.69, 9.17) is 15.0 Å². The van der Waals surface area contributed by atoms with Gasteiger partial charge in [0.2, 0.25) is 0 Å². The second kappa shape index (κ2) is 14.0. The average Bonchev–Trinajstić information content (AvgIpc) is 3.85. The molecule has 0 fully saturated rings. The van der Waals surface area contributed by atoms with E-state index in [9.17, 15) is 0 Å². The van der Waals surface area contributed by atoms with Gasteiger partial charge in [-0.05, 0) is 79.7 Å². The summed E-state index contributed by atoms with van der Waals surface area (Å²) >= 11 is 0. The topological polar surface area (TPSA) is 50.7 Å². The van der Waals surface area contributed by atoms with Crippen molar-refractivity contribution in [2.75, 3.05) is 4.90 Å². The van der Waals surface area contributed by atoms with Crippen LogP contribution in [-0.2, 0) is 0 Å². The van der Waals surface area contributed by atoms with E-state index in [0.717, 1.165) is 90.3 Å². The van der Waals surface area contributed by atoms with Crippen molar-refractivity contribution in [3.05, 3.63) is 206 Å². The predicted molar refractivity (Wildman–Crippen MR) is 228 cm³/mol. The Morgan fingerprint density at radius 3 is 1.38 bits per heavy atom. The molecule has 0 aliphatic heterocycles. The first-order valence-corrected chi connectivity index (χ1v) is 18.8. The highest BCUT2D eigenvalue weighted by molar-refractivity contribution is 5.87. The van der Waals surface area contributed by atoms with Crippen LogP contribution in [0.15, 0.2) is 200 Å².